The van der Waals surface area contributed by atoms with Crippen molar-refractivity contribution in [3.05, 3.63) is 84.1 Å². The van der Waals surface area contributed by atoms with E-state index in [4.69, 9.17) is 18.9 Å². The molecule has 0 aliphatic carbocycles. The molecule has 4 atom stereocenters. The Balaban J connectivity index is 1.44. The zero-order valence-corrected chi connectivity index (χ0v) is 22.5. The molecule has 5 N–H and O–H groups in total. The van der Waals surface area contributed by atoms with Gasteiger partial charge in [-0.05, 0) is 54.6 Å². The highest BCUT2D eigenvalue weighted by atomic mass is 16.6. The second kappa shape index (κ2) is 11.6. The standard InChI is InChI=1S/C30H31N3O8/c1-4-31-29-27(19-6-8-21(36)22(37)14-19)39-26-15-20(7-10-24(26)40-29)28-30(33-17(3)35)41-23-9-5-18(13-25(23)38-28)11-12-32-16(2)34/h4-10,13-15,27-31,36-37H,1,11-12H2,2-3H3,(H,32,34)(H,33,35). The minimum Gasteiger partial charge on any atom is -0.504 e. The van der Waals surface area contributed by atoms with E-state index in [0.717, 1.165) is 5.56 Å². The molecule has 11 heteroatoms. The van der Waals surface area contributed by atoms with Gasteiger partial charge in [0.25, 0.3) is 0 Å². The molecule has 2 aliphatic heterocycles. The number of nitrogens with one attached hydrogen (secondary N) is 3. The smallest absolute Gasteiger partial charge is 0.219 e. The fourth-order valence-corrected chi connectivity index (χ4v) is 4.71. The zero-order valence-electron chi connectivity index (χ0n) is 22.5. The van der Waals surface area contributed by atoms with E-state index >= 15 is 0 Å². The summed E-state index contributed by atoms with van der Waals surface area (Å²) >= 11 is 0. The molecule has 214 valence electrons. The van der Waals surface area contributed by atoms with E-state index in [2.05, 4.69) is 22.5 Å². The second-order valence-electron chi connectivity index (χ2n) is 9.69. The van der Waals surface area contributed by atoms with Crippen molar-refractivity contribution in [1.29, 1.82) is 0 Å². The van der Waals surface area contributed by atoms with Gasteiger partial charge in [0.15, 0.2) is 46.7 Å². The van der Waals surface area contributed by atoms with E-state index in [-0.39, 0.29) is 23.3 Å². The lowest BCUT2D eigenvalue weighted by Gasteiger charge is -2.36. The Kier molecular flexibility index (Phi) is 7.77. The summed E-state index contributed by atoms with van der Waals surface area (Å²) in [5, 5.41) is 28.4. The van der Waals surface area contributed by atoms with Gasteiger partial charge in [-0.2, -0.15) is 0 Å². The topological polar surface area (TPSA) is 148 Å². The van der Waals surface area contributed by atoms with Gasteiger partial charge in [0.1, 0.15) is 0 Å². The first-order valence-corrected chi connectivity index (χ1v) is 13.1. The van der Waals surface area contributed by atoms with Crippen LogP contribution in [0.4, 0.5) is 0 Å². The summed E-state index contributed by atoms with van der Waals surface area (Å²) in [5.74, 6) is 0.911. The van der Waals surface area contributed by atoms with Crippen LogP contribution in [-0.4, -0.2) is 41.0 Å². The van der Waals surface area contributed by atoms with E-state index in [0.29, 0.717) is 47.1 Å². The van der Waals surface area contributed by atoms with E-state index < -0.39 is 24.7 Å². The number of fused-ring (bicyclic) bond motifs is 2. The predicted molar refractivity (Wildman–Crippen MR) is 148 cm³/mol. The van der Waals surface area contributed by atoms with Crippen molar-refractivity contribution < 1.29 is 38.7 Å². The molecule has 41 heavy (non-hydrogen) atoms. The molecule has 0 aromatic heterocycles. The normalized spacial score (nSPS) is 20.4. The van der Waals surface area contributed by atoms with Crippen molar-refractivity contribution in [3.63, 3.8) is 0 Å². The van der Waals surface area contributed by atoms with Gasteiger partial charge in [-0.15, -0.1) is 0 Å². The Morgan fingerprint density at radius 3 is 2.10 bits per heavy atom. The van der Waals surface area contributed by atoms with E-state index in [1.807, 2.05) is 12.1 Å². The number of rotatable bonds is 8. The van der Waals surface area contributed by atoms with Crippen molar-refractivity contribution in [2.24, 2.45) is 0 Å². The number of phenols is 2. The van der Waals surface area contributed by atoms with Crippen LogP contribution >= 0.6 is 0 Å². The molecule has 4 unspecified atom stereocenters. The molecule has 2 amide bonds. The Labute approximate surface area is 236 Å². The maximum atomic E-state index is 12.0. The average molecular weight is 562 g/mol. The summed E-state index contributed by atoms with van der Waals surface area (Å²) in [6, 6.07) is 15.2. The Morgan fingerprint density at radius 2 is 1.41 bits per heavy atom. The predicted octanol–water partition coefficient (Wildman–Crippen LogP) is 3.32. The van der Waals surface area contributed by atoms with Crippen molar-refractivity contribution in [1.82, 2.24) is 16.0 Å². The van der Waals surface area contributed by atoms with Crippen molar-refractivity contribution in [3.8, 4) is 34.5 Å². The van der Waals surface area contributed by atoms with Gasteiger partial charge in [-0.3, -0.25) is 9.59 Å². The molecule has 3 aromatic rings. The first-order chi connectivity index (χ1) is 19.7. The molecule has 3 aromatic carbocycles. The molecule has 11 nitrogen and oxygen atoms in total. The highest BCUT2D eigenvalue weighted by Gasteiger charge is 2.37. The minimum absolute atomic E-state index is 0.101. The molecule has 0 saturated carbocycles. The molecule has 0 fully saturated rings. The maximum absolute atomic E-state index is 12.0. The molecule has 0 bridgehead atoms. The lowest BCUT2D eigenvalue weighted by Crippen LogP contribution is -2.46. The highest BCUT2D eigenvalue weighted by molar-refractivity contribution is 5.73. The van der Waals surface area contributed by atoms with E-state index in [9.17, 15) is 19.8 Å². The van der Waals surface area contributed by atoms with Gasteiger partial charge in [-0.1, -0.05) is 24.8 Å². The lowest BCUT2D eigenvalue weighted by atomic mass is 10.0. The molecule has 0 saturated heterocycles. The van der Waals surface area contributed by atoms with Crippen LogP contribution in [0.25, 0.3) is 0 Å². The molecule has 5 rings (SSSR count). The number of carbonyl (C=O) groups is 2. The number of carbonyl (C=O) groups excluding carboxylic acids is 2. The Morgan fingerprint density at radius 1 is 0.780 bits per heavy atom. The van der Waals surface area contributed by atoms with Gasteiger partial charge >= 0.3 is 0 Å². The van der Waals surface area contributed by atoms with Crippen LogP contribution in [0.15, 0.2) is 67.4 Å². The first-order valence-electron chi connectivity index (χ1n) is 13.1. The average Bonchev–Trinajstić information content (AvgIpc) is 2.93. The summed E-state index contributed by atoms with van der Waals surface area (Å²) in [7, 11) is 0. The first kappa shape index (κ1) is 27.5. The molecule has 2 heterocycles. The number of hydrogen-bond acceptors (Lipinski definition) is 9. The largest absolute Gasteiger partial charge is 0.504 e. The van der Waals surface area contributed by atoms with Gasteiger partial charge in [0.05, 0.1) is 0 Å². The van der Waals surface area contributed by atoms with Crippen LogP contribution in [0.2, 0.25) is 0 Å². The maximum Gasteiger partial charge on any atom is 0.219 e. The monoisotopic (exact) mass is 561 g/mol. The Hall–Kier alpha value is -5.06. The van der Waals surface area contributed by atoms with Gasteiger partial charge in [-0.25, -0.2) is 0 Å². The third kappa shape index (κ3) is 6.08. The van der Waals surface area contributed by atoms with Gasteiger partial charge in [0, 0.05) is 31.5 Å². The fourth-order valence-electron chi connectivity index (χ4n) is 4.71. The molecule has 2 aliphatic rings. The van der Waals surface area contributed by atoms with E-state index in [1.54, 1.807) is 30.3 Å². The summed E-state index contributed by atoms with van der Waals surface area (Å²) in [4.78, 5) is 23.3. The Bertz CT molecular complexity index is 1480. The van der Waals surface area contributed by atoms with Crippen LogP contribution in [0.5, 0.6) is 34.5 Å². The third-order valence-corrected chi connectivity index (χ3v) is 6.61. The third-order valence-electron chi connectivity index (χ3n) is 6.61. The van der Waals surface area contributed by atoms with Crippen LogP contribution in [0.3, 0.4) is 0 Å². The second-order valence-corrected chi connectivity index (χ2v) is 9.69. The zero-order chi connectivity index (χ0) is 29.1. The van der Waals surface area contributed by atoms with Gasteiger partial charge in [0.2, 0.25) is 24.3 Å². The molecule has 0 radical (unpaired) electrons. The minimum atomic E-state index is -0.826. The van der Waals surface area contributed by atoms with Gasteiger partial charge < -0.3 is 45.1 Å². The van der Waals surface area contributed by atoms with Crippen LogP contribution < -0.4 is 34.9 Å². The van der Waals surface area contributed by atoms with E-state index in [1.165, 1.54) is 32.2 Å². The number of aromatic hydroxyl groups is 2. The number of benzene rings is 3. The summed E-state index contributed by atoms with van der Waals surface area (Å²) in [6.45, 7) is 7.06. The lowest BCUT2D eigenvalue weighted by molar-refractivity contribution is -0.124. The summed E-state index contributed by atoms with van der Waals surface area (Å²) in [6.07, 6.45) is -0.844. The number of phenolic OH excluding ortho intramolecular Hbond substituents is 2. The van der Waals surface area contributed by atoms with Crippen LogP contribution in [-0.2, 0) is 16.0 Å². The van der Waals surface area contributed by atoms with Crippen LogP contribution in [0.1, 0.15) is 42.7 Å². The number of amides is 2. The highest BCUT2D eigenvalue weighted by Crippen LogP contribution is 2.44. The molecular formula is C30H31N3O8. The van der Waals surface area contributed by atoms with Crippen molar-refractivity contribution in [2.75, 3.05) is 6.54 Å². The van der Waals surface area contributed by atoms with Crippen LogP contribution in [0, 0.1) is 0 Å². The number of hydrogen-bond donors (Lipinski definition) is 5. The summed E-state index contributed by atoms with van der Waals surface area (Å²) < 4.78 is 25.0. The number of ether oxygens (including phenoxy) is 4. The molecule has 0 spiro atoms. The fraction of sp³-hybridized carbons (Fsp3) is 0.267. The quantitative estimate of drug-likeness (QED) is 0.261. The van der Waals surface area contributed by atoms with Crippen molar-refractivity contribution in [2.45, 2.75) is 44.9 Å². The molecular weight excluding hydrogens is 530 g/mol. The summed E-state index contributed by atoms with van der Waals surface area (Å²) in [5.41, 5.74) is 2.16. The SMILES string of the molecule is C=CNC1Oc2ccc(C3Oc4cc(CCNC(C)=O)ccc4OC3NC(C)=O)cc2OC1c1ccc(O)c(O)c1. The van der Waals surface area contributed by atoms with Crippen molar-refractivity contribution >= 4 is 11.8 Å².